The number of nitrogens with zero attached hydrogens (tertiary/aromatic N) is 1. The molecule has 1 atom stereocenters. The predicted molar refractivity (Wildman–Crippen MR) is 79.5 cm³/mol. The molecular formula is C16H23NO4. The Kier molecular flexibility index (Phi) is 6.02. The predicted octanol–water partition coefficient (Wildman–Crippen LogP) is 2.15. The van der Waals surface area contributed by atoms with Crippen LogP contribution >= 0.6 is 0 Å². The van der Waals surface area contributed by atoms with Gasteiger partial charge in [0.1, 0.15) is 5.75 Å². The molecule has 1 heterocycles. The minimum absolute atomic E-state index is 0.0488. The molecule has 1 unspecified atom stereocenters. The van der Waals surface area contributed by atoms with Crippen LogP contribution in [0.4, 0.5) is 0 Å². The Morgan fingerprint density at radius 3 is 2.86 bits per heavy atom. The van der Waals surface area contributed by atoms with E-state index < -0.39 is 5.97 Å². The molecule has 116 valence electrons. The molecule has 5 nitrogen and oxygen atoms in total. The molecule has 0 aliphatic carbocycles. The van der Waals surface area contributed by atoms with Gasteiger partial charge in [-0.3, -0.25) is 9.69 Å². The first kappa shape index (κ1) is 15.8. The molecule has 0 amide bonds. The monoisotopic (exact) mass is 293 g/mol. The molecule has 0 bridgehead atoms. The van der Waals surface area contributed by atoms with Crippen molar-refractivity contribution in [2.75, 3.05) is 26.4 Å². The van der Waals surface area contributed by atoms with Gasteiger partial charge in [-0.2, -0.15) is 0 Å². The van der Waals surface area contributed by atoms with E-state index >= 15 is 0 Å². The summed E-state index contributed by atoms with van der Waals surface area (Å²) in [6.45, 7) is 5.47. The van der Waals surface area contributed by atoms with E-state index in [1.807, 2.05) is 24.3 Å². The molecule has 0 saturated carbocycles. The highest BCUT2D eigenvalue weighted by Gasteiger charge is 2.25. The topological polar surface area (TPSA) is 59.0 Å². The zero-order valence-electron chi connectivity index (χ0n) is 12.5. The molecule has 0 radical (unpaired) electrons. The quantitative estimate of drug-likeness (QED) is 0.834. The number of carboxylic acid groups (broad SMARTS) is 1. The second-order valence-electron chi connectivity index (χ2n) is 5.29. The van der Waals surface area contributed by atoms with Crippen molar-refractivity contribution in [2.45, 2.75) is 32.4 Å². The smallest absolute Gasteiger partial charge is 0.305 e. The minimum atomic E-state index is -0.779. The molecule has 5 heteroatoms. The van der Waals surface area contributed by atoms with Gasteiger partial charge in [-0.05, 0) is 24.1 Å². The number of aliphatic carboxylic acids is 1. The Labute approximate surface area is 125 Å². The highest BCUT2D eigenvalue weighted by molar-refractivity contribution is 5.67. The van der Waals surface area contributed by atoms with Crippen LogP contribution in [0.2, 0.25) is 0 Å². The van der Waals surface area contributed by atoms with Gasteiger partial charge in [0.25, 0.3) is 0 Å². The Hall–Kier alpha value is -1.59. The van der Waals surface area contributed by atoms with E-state index in [4.69, 9.17) is 14.6 Å². The fourth-order valence-corrected chi connectivity index (χ4v) is 2.43. The summed E-state index contributed by atoms with van der Waals surface area (Å²) in [5.41, 5.74) is 1.16. The summed E-state index contributed by atoms with van der Waals surface area (Å²) in [6, 6.07) is 7.97. The highest BCUT2D eigenvalue weighted by atomic mass is 16.5. The summed E-state index contributed by atoms with van der Waals surface area (Å²) in [5.74, 6) is 0.100. The van der Waals surface area contributed by atoms with E-state index in [0.29, 0.717) is 13.2 Å². The van der Waals surface area contributed by atoms with E-state index in [0.717, 1.165) is 37.4 Å². The van der Waals surface area contributed by atoms with Crippen LogP contribution in [0, 0.1) is 0 Å². The maximum Gasteiger partial charge on any atom is 0.305 e. The summed E-state index contributed by atoms with van der Waals surface area (Å²) in [5, 5.41) is 8.97. The molecule has 1 N–H and O–H groups in total. The summed E-state index contributed by atoms with van der Waals surface area (Å²) >= 11 is 0. The molecule has 0 aromatic heterocycles. The zero-order chi connectivity index (χ0) is 15.1. The third-order valence-corrected chi connectivity index (χ3v) is 3.54. The average Bonchev–Trinajstić information content (AvgIpc) is 2.48. The summed E-state index contributed by atoms with van der Waals surface area (Å²) in [7, 11) is 0. The van der Waals surface area contributed by atoms with Crippen LogP contribution in [0.3, 0.4) is 0 Å². The SMILES string of the molecule is CCCOc1ccc(CN2CCOCC2CC(=O)O)cc1. The van der Waals surface area contributed by atoms with E-state index in [1.165, 1.54) is 0 Å². The Morgan fingerprint density at radius 2 is 2.19 bits per heavy atom. The lowest BCUT2D eigenvalue weighted by molar-refractivity contribution is -0.140. The first-order valence-corrected chi connectivity index (χ1v) is 7.44. The fraction of sp³-hybridized carbons (Fsp3) is 0.562. The van der Waals surface area contributed by atoms with Gasteiger partial charge in [-0.1, -0.05) is 19.1 Å². The lowest BCUT2D eigenvalue weighted by atomic mass is 10.1. The van der Waals surface area contributed by atoms with Gasteiger partial charge in [0, 0.05) is 19.1 Å². The molecule has 1 aliphatic rings. The van der Waals surface area contributed by atoms with Crippen molar-refractivity contribution < 1.29 is 19.4 Å². The molecule has 0 spiro atoms. The number of hydrogen-bond donors (Lipinski definition) is 1. The molecule has 21 heavy (non-hydrogen) atoms. The lowest BCUT2D eigenvalue weighted by Crippen LogP contribution is -2.45. The number of rotatable bonds is 7. The van der Waals surface area contributed by atoms with Gasteiger partial charge in [0.2, 0.25) is 0 Å². The summed E-state index contributed by atoms with van der Waals surface area (Å²) in [4.78, 5) is 13.1. The van der Waals surface area contributed by atoms with Crippen molar-refractivity contribution in [2.24, 2.45) is 0 Å². The number of benzene rings is 1. The Morgan fingerprint density at radius 1 is 1.43 bits per heavy atom. The standard InChI is InChI=1S/C16H23NO4/c1-2-8-21-15-5-3-13(4-6-15)11-17-7-9-20-12-14(17)10-16(18)19/h3-6,14H,2,7-12H2,1H3,(H,18,19). The van der Waals surface area contributed by atoms with Crippen LogP contribution in [-0.4, -0.2) is 48.4 Å². The largest absolute Gasteiger partial charge is 0.494 e. The summed E-state index contributed by atoms with van der Waals surface area (Å²) < 4.78 is 11.0. The maximum atomic E-state index is 10.9. The first-order valence-electron chi connectivity index (χ1n) is 7.44. The van der Waals surface area contributed by atoms with Crippen molar-refractivity contribution in [3.05, 3.63) is 29.8 Å². The number of ether oxygens (including phenoxy) is 2. The number of hydrogen-bond acceptors (Lipinski definition) is 4. The van der Waals surface area contributed by atoms with Gasteiger partial charge in [0.05, 0.1) is 26.2 Å². The number of morpholine rings is 1. The fourth-order valence-electron chi connectivity index (χ4n) is 2.43. The molecule has 1 saturated heterocycles. The van der Waals surface area contributed by atoms with Crippen LogP contribution < -0.4 is 4.74 Å². The van der Waals surface area contributed by atoms with E-state index in [-0.39, 0.29) is 12.5 Å². The van der Waals surface area contributed by atoms with Crippen molar-refractivity contribution in [3.8, 4) is 5.75 Å². The highest BCUT2D eigenvalue weighted by Crippen LogP contribution is 2.18. The minimum Gasteiger partial charge on any atom is -0.494 e. The number of carbonyl (C=O) groups is 1. The van der Waals surface area contributed by atoms with Crippen LogP contribution in [0.15, 0.2) is 24.3 Å². The third kappa shape index (κ3) is 5.02. The van der Waals surface area contributed by atoms with Crippen LogP contribution in [-0.2, 0) is 16.1 Å². The van der Waals surface area contributed by atoms with Gasteiger partial charge in [-0.25, -0.2) is 0 Å². The van der Waals surface area contributed by atoms with Crippen molar-refractivity contribution >= 4 is 5.97 Å². The molecule has 2 rings (SSSR count). The first-order chi connectivity index (χ1) is 10.2. The third-order valence-electron chi connectivity index (χ3n) is 3.54. The van der Waals surface area contributed by atoms with E-state index in [1.54, 1.807) is 0 Å². The Balaban J connectivity index is 1.93. The van der Waals surface area contributed by atoms with Gasteiger partial charge < -0.3 is 14.6 Å². The van der Waals surface area contributed by atoms with Crippen molar-refractivity contribution in [1.29, 1.82) is 0 Å². The van der Waals surface area contributed by atoms with Gasteiger partial charge in [0.15, 0.2) is 0 Å². The molecular weight excluding hydrogens is 270 g/mol. The second kappa shape index (κ2) is 8.00. The van der Waals surface area contributed by atoms with Crippen LogP contribution in [0.25, 0.3) is 0 Å². The van der Waals surface area contributed by atoms with Crippen LogP contribution in [0.1, 0.15) is 25.3 Å². The zero-order valence-corrected chi connectivity index (χ0v) is 12.5. The number of carboxylic acids is 1. The average molecular weight is 293 g/mol. The van der Waals surface area contributed by atoms with Crippen molar-refractivity contribution in [1.82, 2.24) is 4.90 Å². The molecule has 1 aromatic carbocycles. The molecule has 1 fully saturated rings. The van der Waals surface area contributed by atoms with Crippen LogP contribution in [0.5, 0.6) is 5.75 Å². The van der Waals surface area contributed by atoms with Crippen molar-refractivity contribution in [3.63, 3.8) is 0 Å². The second-order valence-corrected chi connectivity index (χ2v) is 5.29. The van der Waals surface area contributed by atoms with Gasteiger partial charge >= 0.3 is 5.97 Å². The van der Waals surface area contributed by atoms with E-state index in [9.17, 15) is 4.79 Å². The summed E-state index contributed by atoms with van der Waals surface area (Å²) in [6.07, 6.45) is 1.12. The maximum absolute atomic E-state index is 10.9. The lowest BCUT2D eigenvalue weighted by Gasteiger charge is -2.34. The van der Waals surface area contributed by atoms with Gasteiger partial charge in [-0.15, -0.1) is 0 Å². The van der Waals surface area contributed by atoms with E-state index in [2.05, 4.69) is 11.8 Å². The Bertz CT molecular complexity index is 446. The normalized spacial score (nSPS) is 19.4. The molecule has 1 aliphatic heterocycles. The molecule has 1 aromatic rings.